The number of likely N-dealkylation sites (tertiary alicyclic amines) is 1. The summed E-state index contributed by atoms with van der Waals surface area (Å²) in [4.78, 5) is 6.72. The minimum atomic E-state index is 0.699. The number of para-hydroxylation sites is 1. The molecule has 1 fully saturated rings. The Morgan fingerprint density at radius 1 is 1.10 bits per heavy atom. The highest BCUT2D eigenvalue weighted by atomic mass is 32.2. The fourth-order valence-electron chi connectivity index (χ4n) is 4.88. The van der Waals surface area contributed by atoms with Crippen LogP contribution in [0.15, 0.2) is 57.2 Å². The molecule has 2 heterocycles. The first-order chi connectivity index (χ1) is 14.5. The lowest BCUT2D eigenvalue weighted by Gasteiger charge is -2.48. The summed E-state index contributed by atoms with van der Waals surface area (Å²) >= 11 is 3.75. The fourth-order valence-corrected chi connectivity index (χ4v) is 6.39. The van der Waals surface area contributed by atoms with E-state index in [2.05, 4.69) is 74.5 Å². The second kappa shape index (κ2) is 10.4. The number of thioether (sulfide) groups is 1. The minimum absolute atomic E-state index is 0.699. The van der Waals surface area contributed by atoms with Gasteiger partial charge in [-0.15, -0.1) is 11.8 Å². The first kappa shape index (κ1) is 23.5. The Morgan fingerprint density at radius 3 is 2.57 bits per heavy atom. The van der Waals surface area contributed by atoms with Gasteiger partial charge in [-0.1, -0.05) is 23.9 Å². The lowest BCUT2D eigenvalue weighted by molar-refractivity contribution is -0.957. The zero-order valence-corrected chi connectivity index (χ0v) is 20.7. The van der Waals surface area contributed by atoms with Crippen molar-refractivity contribution in [1.82, 2.24) is 0 Å². The van der Waals surface area contributed by atoms with Crippen molar-refractivity contribution < 1.29 is 9.59 Å². The molecule has 0 amide bonds. The molecule has 2 aliphatic heterocycles. The molecular formula is C25H37N2OS2+. The molecule has 2 aromatic carbocycles. The average Bonchev–Trinajstić information content (AvgIpc) is 2.78. The second-order valence-electron chi connectivity index (χ2n) is 8.66. The van der Waals surface area contributed by atoms with Gasteiger partial charge in [0.15, 0.2) is 0 Å². The topological polar surface area (TPSA) is 23.5 Å². The zero-order chi connectivity index (χ0) is 21.7. The maximum absolute atomic E-state index is 7.00. The van der Waals surface area contributed by atoms with Crippen molar-refractivity contribution in [3.8, 4) is 0 Å². The molecule has 2 aliphatic rings. The van der Waals surface area contributed by atoms with Crippen LogP contribution in [-0.4, -0.2) is 55.2 Å². The quantitative estimate of drug-likeness (QED) is 0.424. The van der Waals surface area contributed by atoms with E-state index >= 15 is 0 Å². The van der Waals surface area contributed by atoms with Gasteiger partial charge in [0.25, 0.3) is 0 Å². The van der Waals surface area contributed by atoms with Crippen LogP contribution in [0.4, 0.5) is 11.4 Å². The number of rotatable bonds is 5. The van der Waals surface area contributed by atoms with Crippen LogP contribution in [-0.2, 0) is 0 Å². The molecule has 0 bridgehead atoms. The van der Waals surface area contributed by atoms with Gasteiger partial charge in [-0.05, 0) is 69.7 Å². The Bertz CT molecular complexity index is 842. The standard InChI is InChI=1S/C24H33N2S2.CH4O/c1-18(2)26(3)16-8-7-9-19(26)14-15-25-21-10-5-6-11-23(21)28-24-13-12-20(27-4)17-22(24)25;1-2/h5-6,10-13,17-19H,7-9,14-16H2,1-4H3;2H,1H3/q+1;. The van der Waals surface area contributed by atoms with E-state index in [1.807, 2.05) is 23.5 Å². The predicted molar refractivity (Wildman–Crippen MR) is 132 cm³/mol. The highest BCUT2D eigenvalue weighted by molar-refractivity contribution is 8.00. The molecule has 4 rings (SSSR count). The summed E-state index contributed by atoms with van der Waals surface area (Å²) in [5, 5.41) is 7.00. The third-order valence-electron chi connectivity index (χ3n) is 6.96. The third-order valence-corrected chi connectivity index (χ3v) is 8.82. The fraction of sp³-hybridized carbons (Fsp3) is 0.520. The number of hydrogen-bond donors (Lipinski definition) is 1. The summed E-state index contributed by atoms with van der Waals surface area (Å²) in [6.07, 6.45) is 7.58. The summed E-state index contributed by atoms with van der Waals surface area (Å²) < 4.78 is 1.24. The Hall–Kier alpha value is -1.14. The van der Waals surface area contributed by atoms with E-state index in [1.165, 1.54) is 62.8 Å². The van der Waals surface area contributed by atoms with E-state index in [0.717, 1.165) is 19.7 Å². The van der Waals surface area contributed by atoms with Gasteiger partial charge >= 0.3 is 0 Å². The van der Waals surface area contributed by atoms with Crippen LogP contribution in [0.5, 0.6) is 0 Å². The number of quaternary nitrogens is 1. The number of hydrogen-bond acceptors (Lipinski definition) is 4. The molecule has 1 saturated heterocycles. The van der Waals surface area contributed by atoms with Crippen molar-refractivity contribution in [2.75, 3.05) is 38.4 Å². The lowest BCUT2D eigenvalue weighted by atomic mass is 9.94. The van der Waals surface area contributed by atoms with Gasteiger partial charge in [0.2, 0.25) is 0 Å². The number of piperidine rings is 1. The SMILES string of the molecule is CO.CSc1ccc2c(c1)N(CCC1CCCC[N+]1(C)C(C)C)c1ccccc1S2. The van der Waals surface area contributed by atoms with Crippen LogP contribution in [0, 0.1) is 0 Å². The van der Waals surface area contributed by atoms with Crippen LogP contribution in [0.1, 0.15) is 39.5 Å². The van der Waals surface area contributed by atoms with Gasteiger partial charge < -0.3 is 14.5 Å². The number of nitrogens with zero attached hydrogens (tertiary/aromatic N) is 2. The number of aliphatic hydroxyl groups is 1. The lowest BCUT2D eigenvalue weighted by Crippen LogP contribution is -2.59. The highest BCUT2D eigenvalue weighted by Gasteiger charge is 2.38. The first-order valence-corrected chi connectivity index (χ1v) is 13.1. The summed E-state index contributed by atoms with van der Waals surface area (Å²) in [5.41, 5.74) is 2.78. The summed E-state index contributed by atoms with van der Waals surface area (Å²) in [6.45, 7) is 7.26. The smallest absolute Gasteiger partial charge is 0.0907 e. The van der Waals surface area contributed by atoms with Gasteiger partial charge in [-0.3, -0.25) is 0 Å². The molecule has 164 valence electrons. The molecule has 0 radical (unpaired) electrons. The Morgan fingerprint density at radius 2 is 1.83 bits per heavy atom. The molecule has 30 heavy (non-hydrogen) atoms. The second-order valence-corrected chi connectivity index (χ2v) is 10.6. The molecule has 2 atom stereocenters. The predicted octanol–water partition coefficient (Wildman–Crippen LogP) is 6.42. The van der Waals surface area contributed by atoms with Gasteiger partial charge in [0.05, 0.1) is 37.1 Å². The van der Waals surface area contributed by atoms with Crippen molar-refractivity contribution in [3.63, 3.8) is 0 Å². The maximum Gasteiger partial charge on any atom is 0.0907 e. The Kier molecular flexibility index (Phi) is 8.19. The third kappa shape index (κ3) is 4.69. The average molecular weight is 446 g/mol. The molecule has 0 aromatic heterocycles. The van der Waals surface area contributed by atoms with Crippen molar-refractivity contribution in [1.29, 1.82) is 0 Å². The van der Waals surface area contributed by atoms with E-state index in [9.17, 15) is 0 Å². The van der Waals surface area contributed by atoms with Crippen molar-refractivity contribution in [2.45, 2.75) is 66.3 Å². The van der Waals surface area contributed by atoms with Crippen LogP contribution < -0.4 is 4.90 Å². The molecule has 3 nitrogen and oxygen atoms in total. The molecule has 0 saturated carbocycles. The number of benzene rings is 2. The van der Waals surface area contributed by atoms with Crippen molar-refractivity contribution >= 4 is 34.9 Å². The Balaban J connectivity index is 0.00000124. The normalized spacial score (nSPS) is 22.8. The van der Waals surface area contributed by atoms with E-state index in [-0.39, 0.29) is 0 Å². The maximum atomic E-state index is 7.00. The molecule has 2 unspecified atom stereocenters. The monoisotopic (exact) mass is 445 g/mol. The van der Waals surface area contributed by atoms with Gasteiger partial charge in [-0.25, -0.2) is 0 Å². The van der Waals surface area contributed by atoms with E-state index in [0.29, 0.717) is 6.04 Å². The van der Waals surface area contributed by atoms with Gasteiger partial charge in [0, 0.05) is 34.8 Å². The van der Waals surface area contributed by atoms with E-state index in [4.69, 9.17) is 5.11 Å². The highest BCUT2D eigenvalue weighted by Crippen LogP contribution is 2.49. The number of fused-ring (bicyclic) bond motifs is 2. The van der Waals surface area contributed by atoms with Gasteiger partial charge in [0.1, 0.15) is 0 Å². The molecular weight excluding hydrogens is 408 g/mol. The van der Waals surface area contributed by atoms with Crippen molar-refractivity contribution in [2.24, 2.45) is 0 Å². The number of aliphatic hydroxyl groups excluding tert-OH is 1. The zero-order valence-electron chi connectivity index (χ0n) is 19.1. The molecule has 2 aromatic rings. The molecule has 5 heteroatoms. The Labute approximate surface area is 191 Å². The summed E-state index contributed by atoms with van der Waals surface area (Å²) in [7, 11) is 3.49. The van der Waals surface area contributed by atoms with Crippen LogP contribution in [0.2, 0.25) is 0 Å². The molecule has 0 aliphatic carbocycles. The first-order valence-electron chi connectivity index (χ1n) is 11.0. The minimum Gasteiger partial charge on any atom is -0.400 e. The largest absolute Gasteiger partial charge is 0.400 e. The van der Waals surface area contributed by atoms with Gasteiger partial charge in [-0.2, -0.15) is 0 Å². The van der Waals surface area contributed by atoms with Crippen LogP contribution in [0.25, 0.3) is 0 Å². The summed E-state index contributed by atoms with van der Waals surface area (Å²) in [6, 6.07) is 17.3. The van der Waals surface area contributed by atoms with Crippen LogP contribution >= 0.6 is 23.5 Å². The van der Waals surface area contributed by atoms with Crippen LogP contribution in [0.3, 0.4) is 0 Å². The molecule has 1 N–H and O–H groups in total. The van der Waals surface area contributed by atoms with E-state index < -0.39 is 0 Å². The van der Waals surface area contributed by atoms with E-state index in [1.54, 1.807) is 0 Å². The number of anilines is 2. The molecule has 0 spiro atoms. The van der Waals surface area contributed by atoms with Crippen molar-refractivity contribution in [3.05, 3.63) is 42.5 Å². The summed E-state index contributed by atoms with van der Waals surface area (Å²) in [5.74, 6) is 0.